The molecule has 0 spiro atoms. The molecular formula is C85H120O8. The minimum atomic E-state index is -0.384. The Morgan fingerprint density at radius 3 is 1.56 bits per heavy atom. The number of aromatic hydroxyl groups is 6. The quantitative estimate of drug-likeness (QED) is 0.0265. The maximum absolute atomic E-state index is 10.7. The number of aryl methyl sites for hydroxylation is 5. The van der Waals surface area contributed by atoms with Crippen molar-refractivity contribution in [2.24, 2.45) is 17.8 Å². The lowest BCUT2D eigenvalue weighted by atomic mass is 9.68. The minimum Gasteiger partial charge on any atom is -0.508 e. The number of fused-ring (bicyclic) bond motifs is 6. The number of allylic oxidation sites excluding steroid dienone is 9. The third kappa shape index (κ3) is 21.6. The molecule has 6 N–H and O–H groups in total. The highest BCUT2D eigenvalue weighted by Crippen LogP contribution is 2.54. The van der Waals surface area contributed by atoms with Gasteiger partial charge >= 0.3 is 0 Å². The fraction of sp³-hybridized carbons (Fsp3) is 0.529. The van der Waals surface area contributed by atoms with Gasteiger partial charge in [0, 0.05) is 34.1 Å². The molecule has 2 heterocycles. The molecule has 0 amide bonds. The average molecular weight is 1270 g/mol. The van der Waals surface area contributed by atoms with E-state index in [1.807, 2.05) is 24.3 Å². The van der Waals surface area contributed by atoms with Crippen molar-refractivity contribution < 1.29 is 40.1 Å². The fourth-order valence-electron chi connectivity index (χ4n) is 14.2. The maximum atomic E-state index is 10.7. The number of phenolic OH excluding ortho intramolecular Hbond substituents is 6. The third-order valence-corrected chi connectivity index (χ3v) is 19.6. The van der Waals surface area contributed by atoms with Crippen LogP contribution in [0.1, 0.15) is 268 Å². The topological polar surface area (TPSA) is 140 Å². The molecule has 0 saturated carbocycles. The van der Waals surface area contributed by atoms with Gasteiger partial charge < -0.3 is 40.1 Å². The number of hydrogen-bond donors (Lipinski definition) is 6. The molecule has 508 valence electrons. The molecule has 9 rings (SSSR count). The Morgan fingerprint density at radius 2 is 1.03 bits per heavy atom. The van der Waals surface area contributed by atoms with E-state index in [1.54, 1.807) is 12.1 Å². The summed E-state index contributed by atoms with van der Waals surface area (Å²) in [5.41, 5.74) is 17.0. The molecule has 4 aliphatic rings. The lowest BCUT2D eigenvalue weighted by Gasteiger charge is -2.46. The van der Waals surface area contributed by atoms with E-state index in [2.05, 4.69) is 165 Å². The summed E-state index contributed by atoms with van der Waals surface area (Å²) in [4.78, 5) is 0. The molecule has 8 heteroatoms. The lowest BCUT2D eigenvalue weighted by Crippen LogP contribution is -2.45. The molecule has 5 aromatic carbocycles. The second-order valence-electron chi connectivity index (χ2n) is 29.1. The van der Waals surface area contributed by atoms with Gasteiger partial charge in [-0.05, 0) is 267 Å². The van der Waals surface area contributed by atoms with Crippen molar-refractivity contribution in [3.8, 4) is 57.1 Å². The standard InChI is InChI=1S/C22H32O2.C21H30O2.C21H26O2.C21H32O2/c1-5-6-7-8-17-12-21(23)20(22(24)13-17)14-18-11-16(4)9-10-19(18)15(2)3;2*1-5-6-7-8-15-12-18(22)20-16-11-14(2)9-10-17(16)21(3,4)23-19(20)13-15;1-5-6-7-11-18-14-20(22)19(21(23)15-18)13-12-17(4)10-8-9-16(2)3/h11-13,18-19,23-24H,2,5-10,14H2,1,3-4H3;11-13,16-17,22H,5-10H2,1-4H3;9-13,22H,5-8H2,1-4H3;9,12,14-15,22-23H,5-8,10-11,13H2,1-4H3/b;;;17-12+/t18-,19-;16-,17-;;/m01../s1. The number of rotatable bonds is 24. The van der Waals surface area contributed by atoms with Crippen LogP contribution in [0.2, 0.25) is 0 Å². The largest absolute Gasteiger partial charge is 0.508 e. The van der Waals surface area contributed by atoms with E-state index in [-0.39, 0.29) is 40.1 Å². The van der Waals surface area contributed by atoms with E-state index in [0.717, 1.165) is 134 Å². The summed E-state index contributed by atoms with van der Waals surface area (Å²) in [5.74, 6) is 4.81. The van der Waals surface area contributed by atoms with Crippen LogP contribution in [-0.4, -0.2) is 36.2 Å². The van der Waals surface area contributed by atoms with E-state index in [4.69, 9.17) is 9.47 Å². The molecule has 2 aliphatic heterocycles. The summed E-state index contributed by atoms with van der Waals surface area (Å²) in [6.07, 6.45) is 34.7. The lowest BCUT2D eigenvalue weighted by molar-refractivity contribution is 0.0107. The molecule has 93 heavy (non-hydrogen) atoms. The highest BCUT2D eigenvalue weighted by molar-refractivity contribution is 5.82. The van der Waals surface area contributed by atoms with Gasteiger partial charge in [-0.2, -0.15) is 0 Å². The molecule has 5 aromatic rings. The smallest absolute Gasteiger partial charge is 0.132 e. The third-order valence-electron chi connectivity index (χ3n) is 19.6. The van der Waals surface area contributed by atoms with Crippen LogP contribution in [-0.2, 0) is 44.1 Å². The first-order chi connectivity index (χ1) is 44.2. The van der Waals surface area contributed by atoms with Crippen molar-refractivity contribution in [1.29, 1.82) is 0 Å². The predicted octanol–water partition coefficient (Wildman–Crippen LogP) is 23.5. The van der Waals surface area contributed by atoms with Crippen LogP contribution in [0.25, 0.3) is 11.1 Å². The van der Waals surface area contributed by atoms with Crippen LogP contribution in [0, 0.1) is 24.7 Å². The predicted molar refractivity (Wildman–Crippen MR) is 391 cm³/mol. The van der Waals surface area contributed by atoms with E-state index in [9.17, 15) is 30.6 Å². The summed E-state index contributed by atoms with van der Waals surface area (Å²) in [5, 5.41) is 62.6. The molecular weight excluding hydrogens is 1150 g/mol. The molecule has 0 bridgehead atoms. The first-order valence-corrected chi connectivity index (χ1v) is 35.8. The highest BCUT2D eigenvalue weighted by Gasteiger charge is 2.45. The van der Waals surface area contributed by atoms with E-state index >= 15 is 0 Å². The van der Waals surface area contributed by atoms with Crippen LogP contribution < -0.4 is 9.47 Å². The Balaban J connectivity index is 0.000000197. The van der Waals surface area contributed by atoms with E-state index in [0.29, 0.717) is 53.2 Å². The SMILES string of the molecule is C=C(C)[C@@H]1CCC(C)=C[C@H]1Cc1c(O)cc(CCCCC)cc1O.CCCCCc1cc(O)c(C/C=C(\C)CCC=C(C)C)c(O)c1.CCCCCc1cc(O)c2c(c1)OC(C)(C)[C@@H]1CCC(C)=C[C@@H]21.CCCCCc1cc(O)c2c(c1)OC(C)(C)c1ccc(C)cc1-2. The van der Waals surface area contributed by atoms with Gasteiger partial charge in [0.1, 0.15) is 57.2 Å². The summed E-state index contributed by atoms with van der Waals surface area (Å²) in [6.45, 7) is 36.3. The maximum Gasteiger partial charge on any atom is 0.132 e. The van der Waals surface area contributed by atoms with Gasteiger partial charge in [0.15, 0.2) is 0 Å². The number of unbranched alkanes of at least 4 members (excludes halogenated alkanes) is 8. The first kappa shape index (κ1) is 75.2. The number of ether oxygens (including phenoxy) is 2. The zero-order chi connectivity index (χ0) is 68.2. The minimum absolute atomic E-state index is 0.177. The number of benzene rings is 5. The zero-order valence-corrected chi connectivity index (χ0v) is 60.1. The van der Waals surface area contributed by atoms with Crippen molar-refractivity contribution in [3.63, 3.8) is 0 Å². The molecule has 0 fully saturated rings. The Hall–Kier alpha value is -6.80. The Labute approximate surface area is 562 Å². The molecule has 2 aliphatic carbocycles. The average Bonchev–Trinajstić information content (AvgIpc) is 0.760. The number of phenols is 6. The summed E-state index contributed by atoms with van der Waals surface area (Å²) >= 11 is 0. The zero-order valence-electron chi connectivity index (χ0n) is 60.1. The molecule has 0 unspecified atom stereocenters. The first-order valence-electron chi connectivity index (χ1n) is 35.8. The Bertz CT molecular complexity index is 3350. The van der Waals surface area contributed by atoms with Crippen molar-refractivity contribution in [2.45, 2.75) is 275 Å². The second-order valence-corrected chi connectivity index (χ2v) is 29.1. The van der Waals surface area contributed by atoms with Crippen molar-refractivity contribution in [3.05, 3.63) is 176 Å². The van der Waals surface area contributed by atoms with Gasteiger partial charge in [-0.1, -0.05) is 162 Å². The van der Waals surface area contributed by atoms with Crippen LogP contribution in [0.3, 0.4) is 0 Å². The Kier molecular flexibility index (Phi) is 28.8. The monoisotopic (exact) mass is 1270 g/mol. The van der Waals surface area contributed by atoms with E-state index < -0.39 is 0 Å². The van der Waals surface area contributed by atoms with Gasteiger partial charge in [0.2, 0.25) is 0 Å². The molecule has 0 aromatic heterocycles. The van der Waals surface area contributed by atoms with Crippen LogP contribution in [0.15, 0.2) is 125 Å². The normalized spacial score (nSPS) is 18.1. The Morgan fingerprint density at radius 1 is 0.548 bits per heavy atom. The van der Waals surface area contributed by atoms with Crippen molar-refractivity contribution >= 4 is 0 Å². The van der Waals surface area contributed by atoms with Gasteiger partial charge in [0.05, 0.1) is 5.56 Å². The summed E-state index contributed by atoms with van der Waals surface area (Å²) in [7, 11) is 0. The van der Waals surface area contributed by atoms with Crippen LogP contribution >= 0.6 is 0 Å². The summed E-state index contributed by atoms with van der Waals surface area (Å²) < 4.78 is 12.6. The molecule has 0 radical (unpaired) electrons. The second kappa shape index (κ2) is 35.6. The van der Waals surface area contributed by atoms with Crippen LogP contribution in [0.4, 0.5) is 0 Å². The molecule has 8 nitrogen and oxygen atoms in total. The highest BCUT2D eigenvalue weighted by atomic mass is 16.5. The van der Waals surface area contributed by atoms with E-state index in [1.165, 1.54) is 96.8 Å². The molecule has 0 saturated heterocycles. The van der Waals surface area contributed by atoms with Gasteiger partial charge in [-0.25, -0.2) is 0 Å². The van der Waals surface area contributed by atoms with Gasteiger partial charge in [-0.3, -0.25) is 0 Å². The number of hydrogen-bond acceptors (Lipinski definition) is 8. The molecule has 4 atom stereocenters. The van der Waals surface area contributed by atoms with Crippen molar-refractivity contribution in [1.82, 2.24) is 0 Å². The summed E-state index contributed by atoms with van der Waals surface area (Å²) in [6, 6.07) is 21.8. The van der Waals surface area contributed by atoms with Gasteiger partial charge in [-0.15, -0.1) is 0 Å². The fourth-order valence-corrected chi connectivity index (χ4v) is 14.2. The van der Waals surface area contributed by atoms with Gasteiger partial charge in [0.25, 0.3) is 0 Å². The van der Waals surface area contributed by atoms with Crippen molar-refractivity contribution in [2.75, 3.05) is 0 Å². The van der Waals surface area contributed by atoms with Crippen LogP contribution in [0.5, 0.6) is 46.0 Å².